The molecule has 1 aliphatic rings. The van der Waals surface area contributed by atoms with Crippen LogP contribution in [0, 0.1) is 0 Å². The van der Waals surface area contributed by atoms with Crippen molar-refractivity contribution in [1.82, 2.24) is 0 Å². The molecule has 1 saturated heterocycles. The van der Waals surface area contributed by atoms with Crippen molar-refractivity contribution < 1.29 is 28.4 Å². The molecule has 0 N–H and O–H groups in total. The number of rotatable bonds is 21. The molecule has 0 aliphatic carbocycles. The molecule has 0 bridgehead atoms. The number of allylic oxidation sites excluding steroid dienone is 3. The maximum absolute atomic E-state index is 7.16. The third-order valence-electron chi connectivity index (χ3n) is 10.4. The van der Waals surface area contributed by atoms with Crippen molar-refractivity contribution in [3.8, 4) is 5.75 Å². The Labute approximate surface area is 356 Å². The van der Waals surface area contributed by atoms with E-state index in [0.717, 1.165) is 50.3 Å². The fourth-order valence-corrected chi connectivity index (χ4v) is 7.41. The lowest BCUT2D eigenvalue weighted by Crippen LogP contribution is -2.61. The first kappa shape index (κ1) is 43.8. The van der Waals surface area contributed by atoms with Crippen molar-refractivity contribution in [2.24, 2.45) is 0 Å². The Morgan fingerprint density at radius 2 is 1.08 bits per heavy atom. The van der Waals surface area contributed by atoms with E-state index in [-0.39, 0.29) is 6.61 Å². The Kier molecular flexibility index (Phi) is 17.2. The molecular formula is C52H57ClO6. The molecule has 1 fully saturated rings. The zero-order valence-corrected chi connectivity index (χ0v) is 35.3. The van der Waals surface area contributed by atoms with Crippen molar-refractivity contribution in [3.63, 3.8) is 0 Å². The average Bonchev–Trinajstić information content (AvgIpc) is 3.28. The van der Waals surface area contributed by atoms with Gasteiger partial charge in [0, 0.05) is 5.03 Å². The van der Waals surface area contributed by atoms with Crippen LogP contribution >= 0.6 is 11.6 Å². The second-order valence-corrected chi connectivity index (χ2v) is 15.2. The quantitative estimate of drug-likeness (QED) is 0.0688. The van der Waals surface area contributed by atoms with E-state index in [1.54, 1.807) is 0 Å². The highest BCUT2D eigenvalue weighted by Crippen LogP contribution is 2.37. The first-order valence-corrected chi connectivity index (χ1v) is 21.0. The Bertz CT molecular complexity index is 2050. The molecule has 1 aliphatic heterocycles. The molecule has 6 nitrogen and oxygen atoms in total. The normalized spacial score (nSPS) is 19.9. The van der Waals surface area contributed by atoms with Gasteiger partial charge in [-0.25, -0.2) is 0 Å². The van der Waals surface area contributed by atoms with Crippen LogP contribution in [-0.2, 0) is 56.5 Å². The molecule has 0 aromatic heterocycles. The maximum Gasteiger partial charge on any atom is 0.119 e. The van der Waals surface area contributed by atoms with Crippen molar-refractivity contribution in [2.45, 2.75) is 90.6 Å². The van der Waals surface area contributed by atoms with E-state index in [1.165, 1.54) is 0 Å². The van der Waals surface area contributed by atoms with Gasteiger partial charge < -0.3 is 28.4 Å². The third-order valence-corrected chi connectivity index (χ3v) is 10.9. The molecule has 7 heteroatoms. The SMILES string of the molecule is C=C(C(=CC(Cl)=C(C)Cc1ccc(OCC)cc1)CC)C1OC(COCc2ccccc2)C(OCc2ccccc2)C(OCc2ccccc2)C1OCc1ccccc1. The highest BCUT2D eigenvalue weighted by Gasteiger charge is 2.49. The topological polar surface area (TPSA) is 55.4 Å². The summed E-state index contributed by atoms with van der Waals surface area (Å²) in [5.41, 5.74) is 8.14. The van der Waals surface area contributed by atoms with Gasteiger partial charge in [0.1, 0.15) is 36.3 Å². The molecule has 59 heavy (non-hydrogen) atoms. The van der Waals surface area contributed by atoms with Gasteiger partial charge in [-0.3, -0.25) is 0 Å². The Morgan fingerprint density at radius 3 is 1.58 bits per heavy atom. The fourth-order valence-electron chi connectivity index (χ4n) is 7.21. The second-order valence-electron chi connectivity index (χ2n) is 14.8. The summed E-state index contributed by atoms with van der Waals surface area (Å²) in [6, 6.07) is 48.8. The molecule has 1 heterocycles. The number of hydrogen-bond acceptors (Lipinski definition) is 6. The van der Waals surface area contributed by atoms with Crippen LogP contribution in [0.5, 0.6) is 5.75 Å². The van der Waals surface area contributed by atoms with Gasteiger partial charge in [-0.05, 0) is 83.9 Å². The highest BCUT2D eigenvalue weighted by molar-refractivity contribution is 6.31. The van der Waals surface area contributed by atoms with Crippen molar-refractivity contribution in [2.75, 3.05) is 13.2 Å². The van der Waals surface area contributed by atoms with Crippen molar-refractivity contribution >= 4 is 11.6 Å². The molecule has 0 spiro atoms. The molecular weight excluding hydrogens is 756 g/mol. The van der Waals surface area contributed by atoms with E-state index in [9.17, 15) is 0 Å². The summed E-state index contributed by atoms with van der Waals surface area (Å²) in [4.78, 5) is 0. The Balaban J connectivity index is 1.35. The largest absolute Gasteiger partial charge is 0.494 e. The van der Waals surface area contributed by atoms with Crippen LogP contribution in [0.3, 0.4) is 0 Å². The van der Waals surface area contributed by atoms with E-state index in [4.69, 9.17) is 46.6 Å². The van der Waals surface area contributed by atoms with Crippen LogP contribution in [0.1, 0.15) is 55.0 Å². The summed E-state index contributed by atoms with van der Waals surface area (Å²) >= 11 is 7.12. The van der Waals surface area contributed by atoms with E-state index in [0.29, 0.717) is 50.9 Å². The van der Waals surface area contributed by atoms with Gasteiger partial charge in [0.2, 0.25) is 0 Å². The molecule has 5 unspecified atom stereocenters. The molecule has 5 aromatic carbocycles. The van der Waals surface area contributed by atoms with Crippen LogP contribution < -0.4 is 4.74 Å². The monoisotopic (exact) mass is 812 g/mol. The number of hydrogen-bond donors (Lipinski definition) is 0. The molecule has 5 atom stereocenters. The zero-order chi connectivity index (χ0) is 41.2. The lowest BCUT2D eigenvalue weighted by atomic mass is 9.87. The summed E-state index contributed by atoms with van der Waals surface area (Å²) in [6.45, 7) is 13.3. The number of ether oxygens (including phenoxy) is 6. The average molecular weight is 813 g/mol. The minimum absolute atomic E-state index is 0.266. The minimum atomic E-state index is -0.608. The Morgan fingerprint density at radius 1 is 0.610 bits per heavy atom. The summed E-state index contributed by atoms with van der Waals surface area (Å²) < 4.78 is 40.0. The van der Waals surface area contributed by atoms with Gasteiger partial charge in [-0.2, -0.15) is 0 Å². The molecule has 0 saturated carbocycles. The zero-order valence-electron chi connectivity index (χ0n) is 34.5. The molecule has 308 valence electrons. The molecule has 0 radical (unpaired) electrons. The summed E-state index contributed by atoms with van der Waals surface area (Å²) in [5.74, 6) is 0.854. The van der Waals surface area contributed by atoms with E-state index < -0.39 is 30.5 Å². The molecule has 6 rings (SSSR count). The van der Waals surface area contributed by atoms with Gasteiger partial charge in [0.25, 0.3) is 0 Å². The van der Waals surface area contributed by atoms with Gasteiger partial charge in [0.15, 0.2) is 0 Å². The summed E-state index contributed by atoms with van der Waals surface area (Å²) in [5, 5.41) is 0.665. The minimum Gasteiger partial charge on any atom is -0.494 e. The van der Waals surface area contributed by atoms with E-state index >= 15 is 0 Å². The van der Waals surface area contributed by atoms with Crippen LogP contribution in [0.25, 0.3) is 0 Å². The smallest absolute Gasteiger partial charge is 0.119 e. The van der Waals surface area contributed by atoms with Gasteiger partial charge in [-0.1, -0.05) is 164 Å². The molecule has 0 amide bonds. The standard InChI is InChI=1S/C52H57ClO6/c1-5-45(32-47(53)38(3)31-40-27-29-46(30-28-40)55-6-2)39(4)49-51(57-35-43-23-15-9-16-24-43)52(58-36-44-25-17-10-18-26-44)50(56-34-42-21-13-8-14-22-42)48(59-49)37-54-33-41-19-11-7-12-20-41/h7-30,32,48-52H,4-6,31,33-37H2,1-3H3. The van der Waals surface area contributed by atoms with Crippen LogP contribution in [0.15, 0.2) is 180 Å². The summed E-state index contributed by atoms with van der Waals surface area (Å²) in [6.07, 6.45) is 0.572. The number of halogens is 1. The Hall–Kier alpha value is -4.79. The summed E-state index contributed by atoms with van der Waals surface area (Å²) in [7, 11) is 0. The lowest BCUT2D eigenvalue weighted by Gasteiger charge is -2.47. The van der Waals surface area contributed by atoms with Crippen molar-refractivity contribution in [3.05, 3.63) is 208 Å². The van der Waals surface area contributed by atoms with Gasteiger partial charge in [0.05, 0.1) is 39.6 Å². The van der Waals surface area contributed by atoms with Crippen LogP contribution in [0.4, 0.5) is 0 Å². The predicted octanol–water partition coefficient (Wildman–Crippen LogP) is 11.8. The fraction of sp³-hybridized carbons (Fsp3) is 0.308. The second kappa shape index (κ2) is 23.1. The third kappa shape index (κ3) is 13.1. The molecule has 5 aromatic rings. The van der Waals surface area contributed by atoms with Crippen LogP contribution in [-0.4, -0.2) is 43.7 Å². The maximum atomic E-state index is 7.16. The first-order valence-electron chi connectivity index (χ1n) is 20.6. The van der Waals surface area contributed by atoms with Gasteiger partial charge in [-0.15, -0.1) is 0 Å². The lowest BCUT2D eigenvalue weighted by molar-refractivity contribution is -0.264. The predicted molar refractivity (Wildman–Crippen MR) is 237 cm³/mol. The van der Waals surface area contributed by atoms with E-state index in [2.05, 4.69) is 74.5 Å². The van der Waals surface area contributed by atoms with Gasteiger partial charge >= 0.3 is 0 Å². The van der Waals surface area contributed by atoms with Crippen LogP contribution in [0.2, 0.25) is 0 Å². The number of benzene rings is 5. The van der Waals surface area contributed by atoms with E-state index in [1.807, 2.05) is 97.9 Å². The van der Waals surface area contributed by atoms with Crippen molar-refractivity contribution in [1.29, 1.82) is 0 Å². The highest BCUT2D eigenvalue weighted by atomic mass is 35.5. The first-order chi connectivity index (χ1) is 28.9.